The summed E-state index contributed by atoms with van der Waals surface area (Å²) in [6, 6.07) is 24.9. The van der Waals surface area contributed by atoms with E-state index in [-0.39, 0.29) is 16.2 Å². The lowest BCUT2D eigenvalue weighted by molar-refractivity contribution is 0.0863. The van der Waals surface area contributed by atoms with E-state index in [9.17, 15) is 0 Å². The van der Waals surface area contributed by atoms with Gasteiger partial charge in [0.25, 0.3) is 0 Å². The fourth-order valence-corrected chi connectivity index (χ4v) is 5.99. The lowest BCUT2D eigenvalue weighted by Gasteiger charge is -2.53. The van der Waals surface area contributed by atoms with Crippen molar-refractivity contribution in [3.8, 4) is 17.2 Å². The zero-order valence-electron chi connectivity index (χ0n) is 22.3. The van der Waals surface area contributed by atoms with Crippen LogP contribution in [-0.4, -0.2) is 14.8 Å². The Morgan fingerprint density at radius 3 is 1.94 bits per heavy atom. The van der Waals surface area contributed by atoms with E-state index in [0.29, 0.717) is 0 Å². The van der Waals surface area contributed by atoms with Crippen LogP contribution in [0.3, 0.4) is 0 Å². The van der Waals surface area contributed by atoms with Crippen LogP contribution in [0.5, 0.6) is 11.5 Å². The molecule has 0 radical (unpaired) electrons. The van der Waals surface area contributed by atoms with Crippen molar-refractivity contribution in [1.82, 2.24) is 14.8 Å². The number of rotatable bonds is 5. The molecule has 0 atom stereocenters. The minimum absolute atomic E-state index is 0.104. The van der Waals surface area contributed by atoms with Crippen molar-refractivity contribution in [2.75, 3.05) is 0 Å². The molecule has 2 aromatic heterocycles. The van der Waals surface area contributed by atoms with Gasteiger partial charge in [-0.05, 0) is 72.7 Å². The van der Waals surface area contributed by atoms with Gasteiger partial charge in [-0.2, -0.15) is 5.10 Å². The third-order valence-electron chi connectivity index (χ3n) is 6.87. The highest BCUT2D eigenvalue weighted by atomic mass is 16.5. The predicted octanol–water partition coefficient (Wildman–Crippen LogP) is 8.05. The molecule has 0 aliphatic rings. The van der Waals surface area contributed by atoms with Gasteiger partial charge in [0.2, 0.25) is 0 Å². The van der Waals surface area contributed by atoms with Gasteiger partial charge in [-0.3, -0.25) is 4.98 Å². The maximum absolute atomic E-state index is 6.42. The maximum Gasteiger partial charge on any atom is 0.129 e. The van der Waals surface area contributed by atoms with Gasteiger partial charge in [-0.25, -0.2) is 4.68 Å². The topological polar surface area (TPSA) is 39.9 Å². The van der Waals surface area contributed by atoms with Gasteiger partial charge in [-0.15, -0.1) is 0 Å². The van der Waals surface area contributed by atoms with Crippen molar-refractivity contribution < 1.29 is 4.74 Å². The smallest absolute Gasteiger partial charge is 0.129 e. The van der Waals surface area contributed by atoms with Crippen LogP contribution < -0.4 is 4.74 Å². The van der Waals surface area contributed by atoms with E-state index in [1.54, 1.807) is 0 Å². The summed E-state index contributed by atoms with van der Waals surface area (Å²) in [7, 11) is 0. The number of hydrogen-bond donors (Lipinski definition) is 0. The van der Waals surface area contributed by atoms with Gasteiger partial charge >= 0.3 is 0 Å². The van der Waals surface area contributed by atoms with Crippen LogP contribution in [0.1, 0.15) is 64.2 Å². The summed E-state index contributed by atoms with van der Waals surface area (Å²) >= 11 is 0. The number of benzene rings is 2. The Morgan fingerprint density at radius 2 is 1.37 bits per heavy atom. The normalized spacial score (nSPS) is 12.6. The third-order valence-corrected chi connectivity index (χ3v) is 6.87. The predicted molar refractivity (Wildman–Crippen MR) is 143 cm³/mol. The zero-order valence-corrected chi connectivity index (χ0v) is 22.3. The summed E-state index contributed by atoms with van der Waals surface area (Å²) in [5.41, 5.74) is 4.80. The van der Waals surface area contributed by atoms with Crippen molar-refractivity contribution >= 4 is 0 Å². The molecular formula is C31H37N3O. The number of aryl methyl sites for hydroxylation is 2. The number of ether oxygens (including phenoxy) is 1. The summed E-state index contributed by atoms with van der Waals surface area (Å²) in [4.78, 5) is 4.88. The lowest BCUT2D eigenvalue weighted by Crippen LogP contribution is -2.51. The van der Waals surface area contributed by atoms with Crippen molar-refractivity contribution in [2.24, 2.45) is 10.8 Å². The van der Waals surface area contributed by atoms with Crippen LogP contribution in [-0.2, 0) is 5.41 Å². The van der Waals surface area contributed by atoms with Gasteiger partial charge < -0.3 is 4.74 Å². The summed E-state index contributed by atoms with van der Waals surface area (Å²) in [6.07, 6.45) is 1.90. The molecule has 0 unspecified atom stereocenters. The molecular weight excluding hydrogens is 430 g/mol. The van der Waals surface area contributed by atoms with E-state index in [1.807, 2.05) is 54.2 Å². The molecule has 0 amide bonds. The molecule has 0 saturated heterocycles. The molecule has 4 heteroatoms. The first-order valence-corrected chi connectivity index (χ1v) is 12.3. The Kier molecular flexibility index (Phi) is 6.35. The quantitative estimate of drug-likeness (QED) is 0.298. The fraction of sp³-hybridized carbons (Fsp3) is 0.355. The van der Waals surface area contributed by atoms with Crippen molar-refractivity contribution in [3.05, 3.63) is 102 Å². The SMILES string of the molecule is Cc1cc(C)n(-c2cccc(Oc3cccc(C(c4ccccn4)(C(C)(C)C)C(C)(C)C)c3)c2)n1. The first-order chi connectivity index (χ1) is 16.4. The van der Waals surface area contributed by atoms with E-state index >= 15 is 0 Å². The minimum atomic E-state index is -0.341. The molecule has 4 rings (SSSR count). The standard InChI is InChI=1S/C31H37N3O/c1-22-19-23(2)34(33-22)25-14-12-16-27(21-25)35-26-15-11-13-24(20-26)31(29(3,4)5,30(6,7)8)28-17-9-10-18-32-28/h9-21H,1-8H3. The van der Waals surface area contributed by atoms with E-state index in [2.05, 4.69) is 90.0 Å². The van der Waals surface area contributed by atoms with Crippen LogP contribution >= 0.6 is 0 Å². The summed E-state index contributed by atoms with van der Waals surface area (Å²) in [5.74, 6) is 1.59. The molecule has 4 nitrogen and oxygen atoms in total. The molecule has 0 bridgehead atoms. The van der Waals surface area contributed by atoms with Crippen molar-refractivity contribution in [1.29, 1.82) is 0 Å². The number of aromatic nitrogens is 3. The molecule has 182 valence electrons. The number of pyridine rings is 1. The highest BCUT2D eigenvalue weighted by Crippen LogP contribution is 2.57. The summed E-state index contributed by atoms with van der Waals surface area (Å²) in [5, 5.41) is 4.62. The average molecular weight is 468 g/mol. The Bertz CT molecular complexity index is 1290. The second kappa shape index (κ2) is 8.99. The molecule has 0 fully saturated rings. The molecule has 35 heavy (non-hydrogen) atoms. The van der Waals surface area contributed by atoms with E-state index in [0.717, 1.165) is 34.3 Å². The molecule has 0 spiro atoms. The second-order valence-corrected chi connectivity index (χ2v) is 11.4. The zero-order chi connectivity index (χ0) is 25.4. The van der Waals surface area contributed by atoms with Crippen LogP contribution in [0.25, 0.3) is 5.69 Å². The average Bonchev–Trinajstić information content (AvgIpc) is 3.11. The fourth-order valence-electron chi connectivity index (χ4n) is 5.99. The molecule has 2 heterocycles. The monoisotopic (exact) mass is 467 g/mol. The summed E-state index contributed by atoms with van der Waals surface area (Å²) in [6.45, 7) is 17.9. The molecule has 0 aliphatic heterocycles. The van der Waals surface area contributed by atoms with Crippen LogP contribution in [0.2, 0.25) is 0 Å². The summed E-state index contributed by atoms with van der Waals surface area (Å²) < 4.78 is 8.37. The van der Waals surface area contributed by atoms with Gasteiger partial charge in [-0.1, -0.05) is 65.8 Å². The number of nitrogens with zero attached hydrogens (tertiary/aromatic N) is 3. The van der Waals surface area contributed by atoms with Crippen LogP contribution in [0.15, 0.2) is 79.0 Å². The van der Waals surface area contributed by atoms with Gasteiger partial charge in [0.15, 0.2) is 0 Å². The highest BCUT2D eigenvalue weighted by Gasteiger charge is 2.54. The van der Waals surface area contributed by atoms with Crippen molar-refractivity contribution in [2.45, 2.75) is 60.8 Å². The highest BCUT2D eigenvalue weighted by molar-refractivity contribution is 5.47. The van der Waals surface area contributed by atoms with Gasteiger partial charge in [0.1, 0.15) is 11.5 Å². The molecule has 4 aromatic rings. The first-order valence-electron chi connectivity index (χ1n) is 12.3. The number of hydrogen-bond acceptors (Lipinski definition) is 3. The molecule has 2 aromatic carbocycles. The van der Waals surface area contributed by atoms with Crippen molar-refractivity contribution in [3.63, 3.8) is 0 Å². The Labute approximate surface area is 210 Å². The first kappa shape index (κ1) is 24.7. The van der Waals surface area contributed by atoms with Gasteiger partial charge in [0.05, 0.1) is 17.1 Å². The van der Waals surface area contributed by atoms with E-state index in [1.165, 1.54) is 5.56 Å². The lowest BCUT2D eigenvalue weighted by atomic mass is 9.49. The molecule has 0 saturated carbocycles. The second-order valence-electron chi connectivity index (χ2n) is 11.4. The van der Waals surface area contributed by atoms with Crippen LogP contribution in [0, 0.1) is 24.7 Å². The molecule has 0 N–H and O–H groups in total. The molecule has 0 aliphatic carbocycles. The van der Waals surface area contributed by atoms with Crippen LogP contribution in [0.4, 0.5) is 0 Å². The third kappa shape index (κ3) is 4.50. The van der Waals surface area contributed by atoms with E-state index < -0.39 is 0 Å². The Balaban J connectivity index is 1.79. The minimum Gasteiger partial charge on any atom is -0.457 e. The Morgan fingerprint density at radius 1 is 0.714 bits per heavy atom. The maximum atomic E-state index is 6.42. The van der Waals surface area contributed by atoms with Gasteiger partial charge in [0, 0.05) is 23.4 Å². The van der Waals surface area contributed by atoms with E-state index in [4.69, 9.17) is 9.72 Å². The Hall–Kier alpha value is -3.40. The largest absolute Gasteiger partial charge is 0.457 e.